The number of hydrogen-bond donors (Lipinski definition) is 1. The lowest BCUT2D eigenvalue weighted by atomic mass is 10.1. The first-order valence-electron chi connectivity index (χ1n) is 9.12. The molecule has 1 N–H and O–H groups in total. The molecule has 9 heteroatoms. The predicted octanol–water partition coefficient (Wildman–Crippen LogP) is 2.67. The number of carbonyl (C=O) groups is 1. The number of urea groups is 1. The molecule has 2 aromatic rings. The van der Waals surface area contributed by atoms with Crippen molar-refractivity contribution < 1.29 is 4.79 Å². The Balaban J connectivity index is 1.61. The molecule has 0 spiro atoms. The lowest BCUT2D eigenvalue weighted by Gasteiger charge is -2.27. The summed E-state index contributed by atoms with van der Waals surface area (Å²) in [4.78, 5) is 20.3. The van der Waals surface area contributed by atoms with Gasteiger partial charge in [-0.2, -0.15) is 0 Å². The third kappa shape index (κ3) is 3.87. The number of hydrogen-bond acceptors (Lipinski definition) is 6. The summed E-state index contributed by atoms with van der Waals surface area (Å²) >= 11 is 1.70. The zero-order valence-electron chi connectivity index (χ0n) is 16.1. The van der Waals surface area contributed by atoms with Gasteiger partial charge in [-0.25, -0.2) is 14.5 Å². The van der Waals surface area contributed by atoms with Gasteiger partial charge in [0.15, 0.2) is 5.82 Å². The maximum atomic E-state index is 12.8. The minimum Gasteiger partial charge on any atom is -0.335 e. The van der Waals surface area contributed by atoms with Crippen LogP contribution in [0, 0.1) is 6.92 Å². The molecule has 1 aliphatic heterocycles. The normalized spacial score (nSPS) is 18.3. The SMILES string of the molecule is Cc1nc(C(C)C)sc1C(C)N(C)C(=O)NC1CCc2nnnn2CC1. The van der Waals surface area contributed by atoms with E-state index in [1.807, 2.05) is 18.7 Å². The third-order valence-corrected chi connectivity index (χ3v) is 6.59. The van der Waals surface area contributed by atoms with Crippen molar-refractivity contribution in [2.75, 3.05) is 7.05 Å². The monoisotopic (exact) mass is 377 g/mol. The van der Waals surface area contributed by atoms with Crippen molar-refractivity contribution in [3.05, 3.63) is 21.4 Å². The summed E-state index contributed by atoms with van der Waals surface area (Å²) in [5.41, 5.74) is 1.02. The fourth-order valence-electron chi connectivity index (χ4n) is 3.14. The van der Waals surface area contributed by atoms with Gasteiger partial charge >= 0.3 is 6.03 Å². The Hall–Kier alpha value is -2.03. The van der Waals surface area contributed by atoms with E-state index in [1.54, 1.807) is 16.2 Å². The number of aromatic nitrogens is 5. The van der Waals surface area contributed by atoms with E-state index in [0.29, 0.717) is 5.92 Å². The van der Waals surface area contributed by atoms with E-state index in [4.69, 9.17) is 0 Å². The number of tetrazole rings is 1. The van der Waals surface area contributed by atoms with Crippen LogP contribution in [-0.2, 0) is 13.0 Å². The Morgan fingerprint density at radius 3 is 2.81 bits per heavy atom. The topological polar surface area (TPSA) is 88.8 Å². The van der Waals surface area contributed by atoms with Gasteiger partial charge in [-0.1, -0.05) is 13.8 Å². The zero-order valence-corrected chi connectivity index (χ0v) is 16.9. The number of thiazole rings is 1. The number of nitrogens with zero attached hydrogens (tertiary/aromatic N) is 6. The molecular formula is C17H27N7OS. The van der Waals surface area contributed by atoms with Crippen LogP contribution < -0.4 is 5.32 Å². The average Bonchev–Trinajstić information content (AvgIpc) is 3.17. The van der Waals surface area contributed by atoms with Crippen LogP contribution in [0.2, 0.25) is 0 Å². The van der Waals surface area contributed by atoms with Crippen molar-refractivity contribution in [3.63, 3.8) is 0 Å². The van der Waals surface area contributed by atoms with E-state index in [0.717, 1.165) is 47.2 Å². The largest absolute Gasteiger partial charge is 0.335 e. The molecule has 26 heavy (non-hydrogen) atoms. The van der Waals surface area contributed by atoms with Gasteiger partial charge in [0, 0.05) is 36.9 Å². The fraction of sp³-hybridized carbons (Fsp3) is 0.706. The summed E-state index contributed by atoms with van der Waals surface area (Å²) in [5.74, 6) is 1.30. The maximum Gasteiger partial charge on any atom is 0.317 e. The molecule has 2 amide bonds. The minimum atomic E-state index is -0.0491. The van der Waals surface area contributed by atoms with Gasteiger partial charge in [0.2, 0.25) is 0 Å². The van der Waals surface area contributed by atoms with E-state index >= 15 is 0 Å². The second-order valence-electron chi connectivity index (χ2n) is 7.24. The van der Waals surface area contributed by atoms with Crippen LogP contribution in [0.1, 0.15) is 67.0 Å². The van der Waals surface area contributed by atoms with Crippen LogP contribution in [0.5, 0.6) is 0 Å². The van der Waals surface area contributed by atoms with Crippen molar-refractivity contribution >= 4 is 17.4 Å². The summed E-state index contributed by atoms with van der Waals surface area (Å²) < 4.78 is 1.83. The molecule has 1 aliphatic rings. The van der Waals surface area contributed by atoms with Gasteiger partial charge < -0.3 is 10.2 Å². The Kier molecular flexibility index (Phi) is 5.55. The van der Waals surface area contributed by atoms with Crippen molar-refractivity contribution in [1.82, 2.24) is 35.4 Å². The van der Waals surface area contributed by atoms with Crippen LogP contribution in [0.4, 0.5) is 4.79 Å². The van der Waals surface area contributed by atoms with E-state index in [-0.39, 0.29) is 18.1 Å². The van der Waals surface area contributed by atoms with E-state index in [1.165, 1.54) is 0 Å². The van der Waals surface area contributed by atoms with Crippen LogP contribution in [0.3, 0.4) is 0 Å². The quantitative estimate of drug-likeness (QED) is 0.885. The van der Waals surface area contributed by atoms with Gasteiger partial charge in [0.05, 0.1) is 16.7 Å². The van der Waals surface area contributed by atoms with Crippen LogP contribution in [0.25, 0.3) is 0 Å². The van der Waals surface area contributed by atoms with E-state index < -0.39 is 0 Å². The second-order valence-corrected chi connectivity index (χ2v) is 8.30. The minimum absolute atomic E-state index is 0.00733. The molecular weight excluding hydrogens is 350 g/mol. The lowest BCUT2D eigenvalue weighted by molar-refractivity contribution is 0.189. The fourth-order valence-corrected chi connectivity index (χ4v) is 4.30. The average molecular weight is 378 g/mol. The molecule has 8 nitrogen and oxygen atoms in total. The molecule has 0 fully saturated rings. The first-order valence-corrected chi connectivity index (χ1v) is 9.94. The Morgan fingerprint density at radius 1 is 1.35 bits per heavy atom. The third-order valence-electron chi connectivity index (χ3n) is 4.96. The highest BCUT2D eigenvalue weighted by molar-refractivity contribution is 7.11. The number of carbonyl (C=O) groups excluding carboxylic acids is 1. The molecule has 2 unspecified atom stereocenters. The van der Waals surface area contributed by atoms with Gasteiger partial charge in [-0.15, -0.1) is 16.4 Å². The highest BCUT2D eigenvalue weighted by atomic mass is 32.1. The van der Waals surface area contributed by atoms with Gasteiger partial charge in [0.25, 0.3) is 0 Å². The molecule has 0 saturated carbocycles. The molecule has 0 bridgehead atoms. The summed E-state index contributed by atoms with van der Waals surface area (Å²) in [6.45, 7) is 9.10. The smallest absolute Gasteiger partial charge is 0.317 e. The molecule has 142 valence electrons. The van der Waals surface area contributed by atoms with E-state index in [9.17, 15) is 4.79 Å². The highest BCUT2D eigenvalue weighted by Crippen LogP contribution is 2.31. The highest BCUT2D eigenvalue weighted by Gasteiger charge is 2.25. The first kappa shape index (κ1) is 18.8. The van der Waals surface area contributed by atoms with E-state index in [2.05, 4.69) is 46.6 Å². The summed E-state index contributed by atoms with van der Waals surface area (Å²) in [5, 5.41) is 16.0. The standard InChI is InChI=1S/C17H27N7OS/c1-10(2)16-18-11(3)15(26-16)12(4)23(5)17(25)19-13-6-7-14-20-21-22-24(14)9-8-13/h10,12-13H,6-9H2,1-5H3,(H,19,25). The predicted molar refractivity (Wildman–Crippen MR) is 100 cm³/mol. The molecule has 3 rings (SSSR count). The first-order chi connectivity index (χ1) is 12.4. The summed E-state index contributed by atoms with van der Waals surface area (Å²) in [7, 11) is 1.85. The number of aryl methyl sites for hydroxylation is 3. The molecule has 0 aromatic carbocycles. The Bertz CT molecular complexity index is 747. The van der Waals surface area contributed by atoms with Crippen molar-refractivity contribution in [2.24, 2.45) is 0 Å². The number of fused-ring (bicyclic) bond motifs is 1. The molecule has 0 aliphatic carbocycles. The molecule has 2 atom stereocenters. The maximum absolute atomic E-state index is 12.8. The zero-order chi connectivity index (χ0) is 18.8. The van der Waals surface area contributed by atoms with Crippen molar-refractivity contribution in [2.45, 2.75) is 71.5 Å². The molecule has 0 saturated heterocycles. The molecule has 2 aromatic heterocycles. The Labute approximate surface area is 158 Å². The summed E-state index contributed by atoms with van der Waals surface area (Å²) in [6.07, 6.45) is 2.47. The van der Waals surface area contributed by atoms with Crippen LogP contribution in [-0.4, -0.2) is 49.2 Å². The Morgan fingerprint density at radius 2 is 2.12 bits per heavy atom. The van der Waals surface area contributed by atoms with Gasteiger partial charge in [-0.05, 0) is 37.1 Å². The summed E-state index contributed by atoms with van der Waals surface area (Å²) in [6, 6.07) is 0.0635. The van der Waals surface area contributed by atoms with Gasteiger partial charge in [0.1, 0.15) is 0 Å². The second kappa shape index (κ2) is 7.69. The van der Waals surface area contributed by atoms with Crippen LogP contribution >= 0.6 is 11.3 Å². The molecule has 0 radical (unpaired) electrons. The molecule has 3 heterocycles. The van der Waals surface area contributed by atoms with Crippen molar-refractivity contribution in [3.8, 4) is 0 Å². The number of nitrogens with one attached hydrogen (secondary N) is 1. The van der Waals surface area contributed by atoms with Gasteiger partial charge in [-0.3, -0.25) is 0 Å². The van der Waals surface area contributed by atoms with Crippen LogP contribution in [0.15, 0.2) is 0 Å². The number of rotatable bonds is 4. The lowest BCUT2D eigenvalue weighted by Crippen LogP contribution is -2.44. The van der Waals surface area contributed by atoms with Crippen molar-refractivity contribution in [1.29, 1.82) is 0 Å². The number of amides is 2.